The van der Waals surface area contributed by atoms with Crippen LogP contribution in [0.4, 0.5) is 5.69 Å². The van der Waals surface area contributed by atoms with Crippen molar-refractivity contribution in [1.82, 2.24) is 10.2 Å². The monoisotopic (exact) mass is 659 g/mol. The van der Waals surface area contributed by atoms with E-state index in [1.165, 1.54) is 9.21 Å². The van der Waals surface area contributed by atoms with Crippen LogP contribution in [-0.2, 0) is 32.6 Å². The molecule has 0 aliphatic rings. The molecule has 0 saturated heterocycles. The van der Waals surface area contributed by atoms with E-state index in [0.29, 0.717) is 22.8 Å². The maximum absolute atomic E-state index is 14.6. The Kier molecular flexibility index (Phi) is 12.0. The molecule has 4 aromatic rings. The van der Waals surface area contributed by atoms with Crippen molar-refractivity contribution in [2.24, 2.45) is 0 Å². The fourth-order valence-corrected chi connectivity index (χ4v) is 6.91. The van der Waals surface area contributed by atoms with Gasteiger partial charge in [0.25, 0.3) is 10.0 Å². The highest BCUT2D eigenvalue weighted by Gasteiger charge is 2.35. The van der Waals surface area contributed by atoms with Crippen LogP contribution in [0.1, 0.15) is 47.6 Å². The standard InChI is InChI=1S/C37H42ClN3O4S/c1-5-6-21-39-37(43)35(24-30-11-8-7-9-12-30)40(25-31-13-10-14-32(38)23-31)36(42)26-41(34-22-28(3)15-18-29(34)4)46(44,45)33-19-16-27(2)17-20-33/h7-20,22-23,35H,5-6,21,24-26H2,1-4H3,(H,39,43). The molecule has 0 saturated carbocycles. The third-order valence-electron chi connectivity index (χ3n) is 7.86. The zero-order chi connectivity index (χ0) is 33.3. The average Bonchev–Trinajstić information content (AvgIpc) is 3.03. The number of nitrogens with zero attached hydrogens (tertiary/aromatic N) is 2. The molecule has 242 valence electrons. The van der Waals surface area contributed by atoms with E-state index >= 15 is 0 Å². The molecule has 4 rings (SSSR count). The van der Waals surface area contributed by atoms with Crippen molar-refractivity contribution in [2.45, 2.75) is 64.4 Å². The summed E-state index contributed by atoms with van der Waals surface area (Å²) in [4.78, 5) is 30.0. The average molecular weight is 660 g/mol. The highest BCUT2D eigenvalue weighted by Crippen LogP contribution is 2.29. The molecular weight excluding hydrogens is 618 g/mol. The molecule has 0 aliphatic heterocycles. The highest BCUT2D eigenvalue weighted by atomic mass is 35.5. The predicted octanol–water partition coefficient (Wildman–Crippen LogP) is 7.02. The minimum Gasteiger partial charge on any atom is -0.354 e. The molecule has 1 unspecified atom stereocenters. The van der Waals surface area contributed by atoms with Crippen LogP contribution in [0.25, 0.3) is 0 Å². The first-order valence-corrected chi connectivity index (χ1v) is 17.3. The van der Waals surface area contributed by atoms with Crippen molar-refractivity contribution in [3.63, 3.8) is 0 Å². The van der Waals surface area contributed by atoms with Gasteiger partial charge in [0, 0.05) is 24.5 Å². The van der Waals surface area contributed by atoms with Gasteiger partial charge < -0.3 is 10.2 Å². The Morgan fingerprint density at radius 1 is 0.826 bits per heavy atom. The van der Waals surface area contributed by atoms with Crippen LogP contribution in [0.15, 0.2) is 102 Å². The lowest BCUT2D eigenvalue weighted by Crippen LogP contribution is -2.53. The summed E-state index contributed by atoms with van der Waals surface area (Å²) in [6.45, 7) is 7.64. The lowest BCUT2D eigenvalue weighted by Gasteiger charge is -2.34. The number of hydrogen-bond donors (Lipinski definition) is 1. The summed E-state index contributed by atoms with van der Waals surface area (Å²) in [7, 11) is -4.18. The maximum atomic E-state index is 14.6. The van der Waals surface area contributed by atoms with Gasteiger partial charge in [-0.1, -0.05) is 97.2 Å². The van der Waals surface area contributed by atoms with E-state index in [4.69, 9.17) is 11.6 Å². The molecule has 7 nitrogen and oxygen atoms in total. The van der Waals surface area contributed by atoms with Gasteiger partial charge in [0.05, 0.1) is 10.6 Å². The molecule has 2 amide bonds. The number of sulfonamides is 1. The number of unbranched alkanes of at least 4 members (excludes halogenated alkanes) is 1. The fraction of sp³-hybridized carbons (Fsp3) is 0.297. The summed E-state index contributed by atoms with van der Waals surface area (Å²) in [5.74, 6) is -0.810. The molecule has 46 heavy (non-hydrogen) atoms. The molecule has 0 aromatic heterocycles. The van der Waals surface area contributed by atoms with Gasteiger partial charge in [-0.3, -0.25) is 13.9 Å². The van der Waals surface area contributed by atoms with Gasteiger partial charge in [-0.25, -0.2) is 8.42 Å². The van der Waals surface area contributed by atoms with Crippen LogP contribution < -0.4 is 9.62 Å². The second-order valence-electron chi connectivity index (χ2n) is 11.6. The molecule has 0 fully saturated rings. The van der Waals surface area contributed by atoms with Crippen LogP contribution in [0.2, 0.25) is 5.02 Å². The number of carbonyl (C=O) groups excluding carboxylic acids is 2. The van der Waals surface area contributed by atoms with Crippen LogP contribution in [0.3, 0.4) is 0 Å². The van der Waals surface area contributed by atoms with Crippen molar-refractivity contribution in [3.05, 3.63) is 130 Å². The van der Waals surface area contributed by atoms with E-state index in [2.05, 4.69) is 5.32 Å². The van der Waals surface area contributed by atoms with Crippen molar-refractivity contribution >= 4 is 39.1 Å². The van der Waals surface area contributed by atoms with E-state index in [1.54, 1.807) is 48.5 Å². The number of benzene rings is 4. The number of hydrogen-bond acceptors (Lipinski definition) is 4. The van der Waals surface area contributed by atoms with Gasteiger partial charge in [-0.15, -0.1) is 0 Å². The molecule has 0 bridgehead atoms. The Hall–Kier alpha value is -4.14. The molecule has 0 radical (unpaired) electrons. The molecule has 0 heterocycles. The van der Waals surface area contributed by atoms with Crippen molar-refractivity contribution in [2.75, 3.05) is 17.4 Å². The van der Waals surface area contributed by atoms with Crippen molar-refractivity contribution in [1.29, 1.82) is 0 Å². The first-order valence-electron chi connectivity index (χ1n) is 15.5. The van der Waals surface area contributed by atoms with Crippen LogP contribution in [0, 0.1) is 20.8 Å². The highest BCUT2D eigenvalue weighted by molar-refractivity contribution is 7.92. The maximum Gasteiger partial charge on any atom is 0.264 e. The molecule has 9 heteroatoms. The van der Waals surface area contributed by atoms with E-state index < -0.39 is 28.5 Å². The van der Waals surface area contributed by atoms with Crippen LogP contribution in [0.5, 0.6) is 0 Å². The normalized spacial score (nSPS) is 11.9. The van der Waals surface area contributed by atoms with Gasteiger partial charge in [0.1, 0.15) is 12.6 Å². The molecule has 1 atom stereocenters. The Morgan fingerprint density at radius 3 is 2.17 bits per heavy atom. The molecule has 4 aromatic carbocycles. The predicted molar refractivity (Wildman–Crippen MR) is 185 cm³/mol. The van der Waals surface area contributed by atoms with Gasteiger partial charge >= 0.3 is 0 Å². The minimum absolute atomic E-state index is 0.0588. The summed E-state index contributed by atoms with van der Waals surface area (Å²) in [6, 6.07) is 27.8. The Labute approximate surface area is 278 Å². The molecule has 0 aliphatic carbocycles. The van der Waals surface area contributed by atoms with Crippen LogP contribution in [-0.4, -0.2) is 44.3 Å². The Morgan fingerprint density at radius 2 is 1.50 bits per heavy atom. The van der Waals surface area contributed by atoms with E-state index in [1.807, 2.05) is 76.2 Å². The van der Waals surface area contributed by atoms with E-state index in [0.717, 1.165) is 35.1 Å². The Balaban J connectivity index is 1.82. The zero-order valence-corrected chi connectivity index (χ0v) is 28.4. The summed E-state index contributed by atoms with van der Waals surface area (Å²) in [5.41, 5.74) is 4.47. The number of aryl methyl sites for hydroxylation is 3. The second kappa shape index (κ2) is 15.9. The molecule has 0 spiro atoms. The fourth-order valence-electron chi connectivity index (χ4n) is 5.23. The SMILES string of the molecule is CCCCNC(=O)C(Cc1ccccc1)N(Cc1cccc(Cl)c1)C(=O)CN(c1cc(C)ccc1C)S(=O)(=O)c1ccc(C)cc1. The van der Waals surface area contributed by atoms with Crippen molar-refractivity contribution < 1.29 is 18.0 Å². The molecule has 1 N–H and O–H groups in total. The van der Waals surface area contributed by atoms with E-state index in [-0.39, 0.29) is 23.8 Å². The summed E-state index contributed by atoms with van der Waals surface area (Å²) in [6.07, 6.45) is 1.94. The van der Waals surface area contributed by atoms with Crippen LogP contribution >= 0.6 is 11.6 Å². The van der Waals surface area contributed by atoms with Gasteiger partial charge in [-0.05, 0) is 79.8 Å². The number of halogens is 1. The van der Waals surface area contributed by atoms with E-state index in [9.17, 15) is 18.0 Å². The third kappa shape index (κ3) is 8.98. The molecular formula is C37H42ClN3O4S. The lowest BCUT2D eigenvalue weighted by molar-refractivity contribution is -0.140. The van der Waals surface area contributed by atoms with Gasteiger partial charge in [-0.2, -0.15) is 0 Å². The quantitative estimate of drug-likeness (QED) is 0.148. The topological polar surface area (TPSA) is 86.8 Å². The smallest absolute Gasteiger partial charge is 0.264 e. The first-order chi connectivity index (χ1) is 22.0. The lowest BCUT2D eigenvalue weighted by atomic mass is 10.0. The number of carbonyl (C=O) groups is 2. The summed E-state index contributed by atoms with van der Waals surface area (Å²) in [5, 5.41) is 3.50. The summed E-state index contributed by atoms with van der Waals surface area (Å²) >= 11 is 6.33. The van der Waals surface area contributed by atoms with Gasteiger partial charge in [0.15, 0.2) is 0 Å². The zero-order valence-electron chi connectivity index (χ0n) is 26.9. The first kappa shape index (κ1) is 34.7. The third-order valence-corrected chi connectivity index (χ3v) is 9.87. The Bertz CT molecular complexity index is 1740. The second-order valence-corrected chi connectivity index (χ2v) is 13.9. The summed E-state index contributed by atoms with van der Waals surface area (Å²) < 4.78 is 29.8. The largest absolute Gasteiger partial charge is 0.354 e. The van der Waals surface area contributed by atoms with Gasteiger partial charge in [0.2, 0.25) is 11.8 Å². The number of amides is 2. The number of nitrogens with one attached hydrogen (secondary N) is 1. The minimum atomic E-state index is -4.18. The van der Waals surface area contributed by atoms with Crippen molar-refractivity contribution in [3.8, 4) is 0 Å². The number of rotatable bonds is 14. The number of anilines is 1.